The number of aromatic nitrogens is 4. The maximum absolute atomic E-state index is 13.5. The van der Waals surface area contributed by atoms with E-state index in [9.17, 15) is 18.4 Å². The van der Waals surface area contributed by atoms with Crippen molar-refractivity contribution in [2.75, 3.05) is 22.1 Å². The van der Waals surface area contributed by atoms with E-state index in [1.54, 1.807) is 0 Å². The van der Waals surface area contributed by atoms with Crippen LogP contribution in [0.15, 0.2) is 12.4 Å². The van der Waals surface area contributed by atoms with Gasteiger partial charge in [0.25, 0.3) is 0 Å². The lowest BCUT2D eigenvalue weighted by atomic mass is 9.77. The largest absolute Gasteiger partial charge is 0.421 e. The second kappa shape index (κ2) is 10.5. The van der Waals surface area contributed by atoms with Gasteiger partial charge in [0.1, 0.15) is 28.8 Å². The average Bonchev–Trinajstić information content (AvgIpc) is 2.71. The van der Waals surface area contributed by atoms with E-state index < -0.39 is 11.7 Å². The number of hydrogen-bond acceptors (Lipinski definition) is 9. The number of nitriles is 1. The highest BCUT2D eigenvalue weighted by Gasteiger charge is 2.37. The third-order valence-corrected chi connectivity index (χ3v) is 6.24. The van der Waals surface area contributed by atoms with Crippen LogP contribution in [-0.2, 0) is 6.18 Å². The first-order valence-corrected chi connectivity index (χ1v) is 11.3. The summed E-state index contributed by atoms with van der Waals surface area (Å²) in [6.07, 6.45) is -0.433. The minimum atomic E-state index is -4.60. The number of rotatable bonds is 9. The second-order valence-electron chi connectivity index (χ2n) is 10.4. The molecule has 0 bridgehead atoms. The van der Waals surface area contributed by atoms with E-state index in [2.05, 4.69) is 44.4 Å². The van der Waals surface area contributed by atoms with Gasteiger partial charge in [-0.2, -0.15) is 28.4 Å². The molecule has 0 aliphatic rings. The quantitative estimate of drug-likeness (QED) is 0.384. The van der Waals surface area contributed by atoms with Crippen molar-refractivity contribution >= 4 is 23.5 Å². The summed E-state index contributed by atoms with van der Waals surface area (Å²) in [5, 5.41) is 15.5. The van der Waals surface area contributed by atoms with Gasteiger partial charge in [-0.15, -0.1) is 0 Å². The summed E-state index contributed by atoms with van der Waals surface area (Å²) in [6.45, 7) is 12.0. The Bertz CT molecular complexity index is 1060. The molecule has 2 aromatic rings. The van der Waals surface area contributed by atoms with Crippen LogP contribution in [-0.4, -0.2) is 32.0 Å². The number of nitrogens with zero attached hydrogens (tertiary/aromatic N) is 5. The highest BCUT2D eigenvalue weighted by atomic mass is 19.4. The Hall–Kier alpha value is -3.36. The van der Waals surface area contributed by atoms with Crippen LogP contribution < -0.4 is 22.1 Å². The van der Waals surface area contributed by atoms with Crippen LogP contribution in [0.25, 0.3) is 0 Å². The van der Waals surface area contributed by atoms with Gasteiger partial charge in [-0.3, -0.25) is 0 Å². The van der Waals surface area contributed by atoms with Gasteiger partial charge in [-0.25, -0.2) is 9.97 Å². The summed E-state index contributed by atoms with van der Waals surface area (Å²) in [5.74, 6) is -0.101. The summed E-state index contributed by atoms with van der Waals surface area (Å²) < 4.78 is 40.4. The number of nitrogens with two attached hydrogens (primary N) is 2. The zero-order valence-electron chi connectivity index (χ0n) is 21.0. The lowest BCUT2D eigenvalue weighted by Gasteiger charge is -2.36. The van der Waals surface area contributed by atoms with Gasteiger partial charge in [-0.1, -0.05) is 41.0 Å². The predicted molar refractivity (Wildman–Crippen MR) is 130 cm³/mol. The molecular formula is C23H34F3N9. The Morgan fingerprint density at radius 1 is 0.971 bits per heavy atom. The molecule has 0 saturated carbocycles. The van der Waals surface area contributed by atoms with Gasteiger partial charge in [0.05, 0.1) is 6.20 Å². The molecule has 2 heterocycles. The van der Waals surface area contributed by atoms with Crippen LogP contribution in [0.4, 0.5) is 36.7 Å². The van der Waals surface area contributed by atoms with Crippen LogP contribution in [0.3, 0.4) is 0 Å². The molecule has 6 N–H and O–H groups in total. The molecule has 0 aliphatic carbocycles. The molecule has 0 radical (unpaired) electrons. The molecular weight excluding hydrogens is 459 g/mol. The lowest BCUT2D eigenvalue weighted by molar-refractivity contribution is -0.137. The Balaban J connectivity index is 2.12. The third-order valence-electron chi connectivity index (χ3n) is 6.24. The van der Waals surface area contributed by atoms with E-state index in [1.165, 1.54) is 6.20 Å². The molecule has 0 spiro atoms. The zero-order valence-corrected chi connectivity index (χ0v) is 21.0. The van der Waals surface area contributed by atoms with Gasteiger partial charge < -0.3 is 22.1 Å². The smallest absolute Gasteiger partial charge is 0.368 e. The molecule has 2 rings (SSSR count). The van der Waals surface area contributed by atoms with E-state index in [-0.39, 0.29) is 40.6 Å². The monoisotopic (exact) mass is 493 g/mol. The first-order chi connectivity index (χ1) is 16.0. The molecule has 2 atom stereocenters. The third kappa shape index (κ3) is 7.56. The molecule has 2 aromatic heterocycles. The highest BCUT2D eigenvalue weighted by Crippen LogP contribution is 2.37. The van der Waals surface area contributed by atoms with Gasteiger partial charge in [0.15, 0.2) is 0 Å². The molecule has 192 valence electrons. The highest BCUT2D eigenvalue weighted by molar-refractivity contribution is 5.53. The molecule has 0 aromatic carbocycles. The van der Waals surface area contributed by atoms with Crippen molar-refractivity contribution in [2.45, 2.75) is 79.1 Å². The maximum Gasteiger partial charge on any atom is 0.421 e. The SMILES string of the molecule is CC(Nc1nc(N)ncc1C#N)C(C)(C)CCCC(Nc1nc(N)ncc1C(F)(F)F)C(C)(C)C. The summed E-state index contributed by atoms with van der Waals surface area (Å²) in [6, 6.07) is 1.66. The zero-order chi connectivity index (χ0) is 26.6. The first kappa shape index (κ1) is 27.9. The van der Waals surface area contributed by atoms with Crippen molar-refractivity contribution < 1.29 is 13.2 Å². The molecule has 0 fully saturated rings. The second-order valence-corrected chi connectivity index (χ2v) is 10.4. The lowest BCUT2D eigenvalue weighted by Crippen LogP contribution is -2.37. The van der Waals surface area contributed by atoms with Crippen LogP contribution in [0, 0.1) is 22.2 Å². The predicted octanol–water partition coefficient (Wildman–Crippen LogP) is 4.85. The molecule has 2 unspecified atom stereocenters. The van der Waals surface area contributed by atoms with Crippen molar-refractivity contribution in [2.24, 2.45) is 10.8 Å². The van der Waals surface area contributed by atoms with Crippen LogP contribution in [0.5, 0.6) is 0 Å². The normalized spacial score (nSPS) is 14.2. The summed E-state index contributed by atoms with van der Waals surface area (Å²) in [5.41, 5.74) is 10.00. The summed E-state index contributed by atoms with van der Waals surface area (Å²) in [4.78, 5) is 15.3. The first-order valence-electron chi connectivity index (χ1n) is 11.3. The van der Waals surface area contributed by atoms with Gasteiger partial charge in [0, 0.05) is 18.3 Å². The number of nitrogen functional groups attached to an aromatic ring is 2. The van der Waals surface area contributed by atoms with Crippen molar-refractivity contribution in [1.29, 1.82) is 5.26 Å². The minimum Gasteiger partial charge on any atom is -0.368 e. The number of alkyl halides is 3. The molecule has 0 aliphatic heterocycles. The number of hydrogen-bond donors (Lipinski definition) is 4. The van der Waals surface area contributed by atoms with E-state index in [1.807, 2.05) is 33.8 Å². The van der Waals surface area contributed by atoms with Gasteiger partial charge in [0.2, 0.25) is 11.9 Å². The standard InChI is InChI=1S/C23H34F3N9/c1-13(32-17-14(10-27)11-30-19(28)34-17)22(5,6)9-7-8-16(21(2,3)4)33-18-15(23(24,25)26)12-31-20(29)35-18/h11-13,16H,7-9H2,1-6H3,(H3,28,30,32,34)(H3,29,31,33,35). The fourth-order valence-corrected chi connectivity index (χ4v) is 3.57. The summed E-state index contributed by atoms with van der Waals surface area (Å²) >= 11 is 0. The van der Waals surface area contributed by atoms with Gasteiger partial charge in [-0.05, 0) is 30.6 Å². The van der Waals surface area contributed by atoms with Crippen LogP contribution >= 0.6 is 0 Å². The molecule has 0 amide bonds. The Morgan fingerprint density at radius 2 is 1.54 bits per heavy atom. The van der Waals surface area contributed by atoms with E-state index in [0.29, 0.717) is 24.0 Å². The maximum atomic E-state index is 13.5. The van der Waals surface area contributed by atoms with E-state index in [0.717, 1.165) is 12.8 Å². The summed E-state index contributed by atoms with van der Waals surface area (Å²) in [7, 11) is 0. The number of anilines is 4. The Kier molecular flexibility index (Phi) is 8.36. The fraction of sp³-hybridized carbons (Fsp3) is 0.609. The van der Waals surface area contributed by atoms with Gasteiger partial charge >= 0.3 is 6.18 Å². The van der Waals surface area contributed by atoms with Crippen LogP contribution in [0.2, 0.25) is 0 Å². The fourth-order valence-electron chi connectivity index (χ4n) is 3.57. The van der Waals surface area contributed by atoms with Crippen molar-refractivity contribution in [3.63, 3.8) is 0 Å². The van der Waals surface area contributed by atoms with Crippen molar-refractivity contribution in [3.8, 4) is 6.07 Å². The average molecular weight is 494 g/mol. The number of nitrogens with one attached hydrogen (secondary N) is 2. The molecule has 0 saturated heterocycles. The van der Waals surface area contributed by atoms with E-state index in [4.69, 9.17) is 11.5 Å². The molecule has 12 heteroatoms. The van der Waals surface area contributed by atoms with Crippen LogP contribution in [0.1, 0.15) is 71.9 Å². The van der Waals surface area contributed by atoms with Crippen molar-refractivity contribution in [3.05, 3.63) is 23.5 Å². The van der Waals surface area contributed by atoms with Crippen molar-refractivity contribution in [1.82, 2.24) is 19.9 Å². The number of halogens is 3. The van der Waals surface area contributed by atoms with E-state index >= 15 is 0 Å². The minimum absolute atomic E-state index is 0.0687. The Labute approximate surface area is 204 Å². The molecule has 35 heavy (non-hydrogen) atoms. The topological polar surface area (TPSA) is 151 Å². The Morgan fingerprint density at radius 3 is 2.09 bits per heavy atom. The molecule has 9 nitrogen and oxygen atoms in total.